The molecule has 21 heavy (non-hydrogen) atoms. The van der Waals surface area contributed by atoms with Crippen LogP contribution in [0.3, 0.4) is 0 Å². The summed E-state index contributed by atoms with van der Waals surface area (Å²) in [4.78, 5) is 12.7. The number of rotatable bonds is 3. The molecule has 1 saturated carbocycles. The van der Waals surface area contributed by atoms with Crippen molar-refractivity contribution in [3.05, 3.63) is 35.4 Å². The summed E-state index contributed by atoms with van der Waals surface area (Å²) in [5.41, 5.74) is 2.65. The minimum absolute atomic E-state index is 0.138. The van der Waals surface area contributed by atoms with Crippen LogP contribution < -0.4 is 5.32 Å². The first-order chi connectivity index (χ1) is 10.2. The highest BCUT2D eigenvalue weighted by Gasteiger charge is 2.31. The lowest BCUT2D eigenvalue weighted by molar-refractivity contribution is -0.122. The van der Waals surface area contributed by atoms with E-state index in [-0.39, 0.29) is 11.9 Å². The van der Waals surface area contributed by atoms with E-state index in [9.17, 15) is 4.79 Å². The number of alkyl halides is 1. The van der Waals surface area contributed by atoms with Crippen molar-refractivity contribution in [1.29, 1.82) is 0 Å². The quantitative estimate of drug-likeness (QED) is 0.630. The van der Waals surface area contributed by atoms with E-state index in [0.717, 1.165) is 6.42 Å². The lowest BCUT2D eigenvalue weighted by Crippen LogP contribution is -2.32. The van der Waals surface area contributed by atoms with Crippen molar-refractivity contribution in [1.82, 2.24) is 5.32 Å². The van der Waals surface area contributed by atoms with Crippen molar-refractivity contribution in [3.8, 4) is 0 Å². The monoisotopic (exact) mass is 349 g/mol. The Bertz CT molecular complexity index is 494. The van der Waals surface area contributed by atoms with Gasteiger partial charge in [-0.2, -0.15) is 0 Å². The van der Waals surface area contributed by atoms with E-state index >= 15 is 0 Å². The molecule has 1 aromatic carbocycles. The number of carbonyl (C=O) groups excluding carboxylic acids is 1. The molecule has 0 bridgehead atoms. The highest BCUT2D eigenvalue weighted by molar-refractivity contribution is 9.09. The van der Waals surface area contributed by atoms with Crippen LogP contribution in [0.25, 0.3) is 0 Å². The van der Waals surface area contributed by atoms with Crippen LogP contribution in [0.15, 0.2) is 24.3 Å². The van der Waals surface area contributed by atoms with Gasteiger partial charge in [0.2, 0.25) is 5.91 Å². The molecule has 3 rings (SSSR count). The second kappa shape index (κ2) is 6.95. The standard InChI is InChI=1S/C18H24BrNO/c19-16-12-14-9-5-6-10-15(14)18(16)20-17(21)11-13-7-3-1-2-4-8-13/h5-6,9-10,13,16,18H,1-4,7-8,11-12H2,(H,20,21). The van der Waals surface area contributed by atoms with Crippen LogP contribution in [-0.4, -0.2) is 10.7 Å². The van der Waals surface area contributed by atoms with Gasteiger partial charge in [-0.3, -0.25) is 4.79 Å². The third-order valence-electron chi connectivity index (χ3n) is 4.93. The Hall–Kier alpha value is -0.830. The minimum atomic E-state index is 0.138. The Kier molecular flexibility index (Phi) is 4.99. The maximum Gasteiger partial charge on any atom is 0.220 e. The molecule has 0 radical (unpaired) electrons. The Morgan fingerprint density at radius 1 is 1.14 bits per heavy atom. The maximum absolute atomic E-state index is 12.4. The van der Waals surface area contributed by atoms with Gasteiger partial charge >= 0.3 is 0 Å². The van der Waals surface area contributed by atoms with E-state index in [1.165, 1.54) is 49.7 Å². The van der Waals surface area contributed by atoms with Gasteiger partial charge in [0.25, 0.3) is 0 Å². The fourth-order valence-electron chi connectivity index (χ4n) is 3.78. The van der Waals surface area contributed by atoms with E-state index in [0.29, 0.717) is 17.2 Å². The predicted octanol–water partition coefficient (Wildman–Crippen LogP) is 4.52. The lowest BCUT2D eigenvalue weighted by Gasteiger charge is -2.20. The number of hydrogen-bond acceptors (Lipinski definition) is 1. The number of hydrogen-bond donors (Lipinski definition) is 1. The van der Waals surface area contributed by atoms with Crippen LogP contribution in [-0.2, 0) is 11.2 Å². The third kappa shape index (κ3) is 3.68. The minimum Gasteiger partial charge on any atom is -0.348 e. The molecule has 1 amide bonds. The van der Waals surface area contributed by atoms with Gasteiger partial charge in [-0.15, -0.1) is 0 Å². The zero-order valence-corrected chi connectivity index (χ0v) is 14.1. The van der Waals surface area contributed by atoms with Crippen molar-refractivity contribution >= 4 is 21.8 Å². The SMILES string of the molecule is O=C(CC1CCCCCC1)NC1c2ccccc2CC1Br. The van der Waals surface area contributed by atoms with E-state index in [2.05, 4.69) is 45.5 Å². The van der Waals surface area contributed by atoms with E-state index < -0.39 is 0 Å². The summed E-state index contributed by atoms with van der Waals surface area (Å²) in [6.45, 7) is 0. The average Bonchev–Trinajstić information content (AvgIpc) is 2.66. The molecule has 2 aliphatic carbocycles. The van der Waals surface area contributed by atoms with Gasteiger partial charge in [0.15, 0.2) is 0 Å². The topological polar surface area (TPSA) is 29.1 Å². The van der Waals surface area contributed by atoms with Gasteiger partial charge in [0, 0.05) is 11.2 Å². The molecule has 0 aliphatic heterocycles. The van der Waals surface area contributed by atoms with Crippen LogP contribution >= 0.6 is 15.9 Å². The van der Waals surface area contributed by atoms with Gasteiger partial charge in [-0.05, 0) is 36.3 Å². The Morgan fingerprint density at radius 3 is 2.62 bits per heavy atom. The zero-order valence-electron chi connectivity index (χ0n) is 12.5. The summed E-state index contributed by atoms with van der Waals surface area (Å²) in [5, 5.41) is 3.27. The molecule has 2 nitrogen and oxygen atoms in total. The number of benzene rings is 1. The molecule has 2 unspecified atom stereocenters. The van der Waals surface area contributed by atoms with Gasteiger partial charge in [-0.25, -0.2) is 0 Å². The van der Waals surface area contributed by atoms with Crippen molar-refractivity contribution in [2.45, 2.75) is 62.2 Å². The molecule has 0 heterocycles. The molecule has 114 valence electrons. The van der Waals surface area contributed by atoms with Crippen LogP contribution in [0, 0.1) is 5.92 Å². The van der Waals surface area contributed by atoms with Crippen molar-refractivity contribution in [2.75, 3.05) is 0 Å². The molecule has 3 heteroatoms. The van der Waals surface area contributed by atoms with Gasteiger partial charge in [-0.1, -0.05) is 65.9 Å². The van der Waals surface area contributed by atoms with Gasteiger partial charge in [0.05, 0.1) is 6.04 Å². The van der Waals surface area contributed by atoms with Crippen molar-refractivity contribution in [3.63, 3.8) is 0 Å². The number of fused-ring (bicyclic) bond motifs is 1. The summed E-state index contributed by atoms with van der Waals surface area (Å²) in [7, 11) is 0. The number of amides is 1. The molecule has 0 saturated heterocycles. The number of halogens is 1. The lowest BCUT2D eigenvalue weighted by atomic mass is 9.96. The van der Waals surface area contributed by atoms with Gasteiger partial charge in [0.1, 0.15) is 0 Å². The molecular formula is C18H24BrNO. The van der Waals surface area contributed by atoms with Crippen LogP contribution in [0.2, 0.25) is 0 Å². The Balaban J connectivity index is 1.59. The zero-order chi connectivity index (χ0) is 14.7. The first-order valence-corrected chi connectivity index (χ1v) is 9.17. The first kappa shape index (κ1) is 15.1. The van der Waals surface area contributed by atoms with E-state index in [1.54, 1.807) is 0 Å². The fraction of sp³-hybridized carbons (Fsp3) is 0.611. The predicted molar refractivity (Wildman–Crippen MR) is 89.6 cm³/mol. The van der Waals surface area contributed by atoms with E-state index in [4.69, 9.17) is 0 Å². The molecule has 0 spiro atoms. The maximum atomic E-state index is 12.4. The molecule has 1 aromatic rings. The molecule has 1 N–H and O–H groups in total. The third-order valence-corrected chi connectivity index (χ3v) is 5.78. The summed E-state index contributed by atoms with van der Waals surface area (Å²) in [6.07, 6.45) is 9.45. The molecule has 0 aromatic heterocycles. The summed E-state index contributed by atoms with van der Waals surface area (Å²) < 4.78 is 0. The van der Waals surface area contributed by atoms with Crippen LogP contribution in [0.5, 0.6) is 0 Å². The number of nitrogens with one attached hydrogen (secondary N) is 1. The summed E-state index contributed by atoms with van der Waals surface area (Å²) in [6, 6.07) is 8.59. The Labute approximate surface area is 135 Å². The normalized spacial score (nSPS) is 26.1. The molecule has 1 fully saturated rings. The molecule has 2 atom stereocenters. The Morgan fingerprint density at radius 2 is 1.86 bits per heavy atom. The first-order valence-electron chi connectivity index (χ1n) is 8.25. The van der Waals surface area contributed by atoms with Crippen molar-refractivity contribution in [2.24, 2.45) is 5.92 Å². The van der Waals surface area contributed by atoms with E-state index in [1.807, 2.05) is 0 Å². The number of carbonyl (C=O) groups is 1. The van der Waals surface area contributed by atoms with Crippen LogP contribution in [0.1, 0.15) is 62.1 Å². The van der Waals surface area contributed by atoms with Crippen molar-refractivity contribution < 1.29 is 4.79 Å². The smallest absolute Gasteiger partial charge is 0.220 e. The van der Waals surface area contributed by atoms with Crippen LogP contribution in [0.4, 0.5) is 0 Å². The molecule has 2 aliphatic rings. The molecular weight excluding hydrogens is 326 g/mol. The highest BCUT2D eigenvalue weighted by atomic mass is 79.9. The second-order valence-corrected chi connectivity index (χ2v) is 7.70. The summed E-state index contributed by atoms with van der Waals surface area (Å²) >= 11 is 3.74. The largest absolute Gasteiger partial charge is 0.348 e. The van der Waals surface area contributed by atoms with Gasteiger partial charge < -0.3 is 5.32 Å². The average molecular weight is 350 g/mol. The summed E-state index contributed by atoms with van der Waals surface area (Å²) in [5.74, 6) is 0.825. The fourth-order valence-corrected chi connectivity index (χ4v) is 4.54. The second-order valence-electron chi connectivity index (χ2n) is 6.53. The highest BCUT2D eigenvalue weighted by Crippen LogP contribution is 2.36.